The van der Waals surface area contributed by atoms with Gasteiger partial charge >= 0.3 is 11.9 Å². The minimum atomic E-state index is -0.320. The summed E-state index contributed by atoms with van der Waals surface area (Å²) in [5.74, 6) is 0.0636. The van der Waals surface area contributed by atoms with Crippen molar-refractivity contribution < 1.29 is 28.7 Å². The molecule has 4 fully saturated rings. The van der Waals surface area contributed by atoms with Crippen LogP contribution in [0, 0.1) is 52.3 Å². The number of halogens is 1. The van der Waals surface area contributed by atoms with E-state index in [2.05, 4.69) is 43.6 Å². The summed E-state index contributed by atoms with van der Waals surface area (Å²) in [7, 11) is 1.42. The molecule has 0 N–H and O–H groups in total. The summed E-state index contributed by atoms with van der Waals surface area (Å²) in [6.45, 7) is 10.2. The molecule has 11 atom stereocenters. The number of ether oxygens (including phenoxy) is 2. The van der Waals surface area contributed by atoms with Crippen molar-refractivity contribution in [1.29, 1.82) is 0 Å². The van der Waals surface area contributed by atoms with Gasteiger partial charge in [0.1, 0.15) is 11.9 Å². The maximum atomic E-state index is 14.3. The lowest BCUT2D eigenvalue weighted by atomic mass is 9.41. The number of carbonyl (C=O) groups excluding carboxylic acids is 4. The van der Waals surface area contributed by atoms with Crippen LogP contribution >= 0.6 is 15.9 Å². The van der Waals surface area contributed by atoms with Crippen molar-refractivity contribution >= 4 is 39.4 Å². The van der Waals surface area contributed by atoms with E-state index in [1.54, 1.807) is 0 Å². The lowest BCUT2D eigenvalue weighted by molar-refractivity contribution is -0.182. The van der Waals surface area contributed by atoms with Crippen molar-refractivity contribution in [3.63, 3.8) is 0 Å². The van der Waals surface area contributed by atoms with Gasteiger partial charge < -0.3 is 9.47 Å². The molecule has 4 saturated carbocycles. The molecule has 5 unspecified atom stereocenters. The number of rotatable bonds is 6. The summed E-state index contributed by atoms with van der Waals surface area (Å²) in [5, 5.41) is 0. The number of fused-ring (bicyclic) bond motifs is 5. The van der Waals surface area contributed by atoms with E-state index >= 15 is 0 Å². The van der Waals surface area contributed by atoms with E-state index in [1.165, 1.54) is 14.0 Å². The van der Waals surface area contributed by atoms with Crippen LogP contribution in [0.15, 0.2) is 0 Å². The molecule has 0 heterocycles. The van der Waals surface area contributed by atoms with Gasteiger partial charge in [-0.3, -0.25) is 19.2 Å². The van der Waals surface area contributed by atoms with Gasteiger partial charge in [-0.05, 0) is 79.4 Å². The van der Waals surface area contributed by atoms with Crippen LogP contribution in [-0.2, 0) is 28.7 Å². The topological polar surface area (TPSA) is 86.7 Å². The fourth-order valence-corrected chi connectivity index (χ4v) is 10.3. The fourth-order valence-electron chi connectivity index (χ4n) is 9.33. The van der Waals surface area contributed by atoms with Gasteiger partial charge in [-0.1, -0.05) is 43.6 Å². The highest BCUT2D eigenvalue weighted by atomic mass is 79.9. The van der Waals surface area contributed by atoms with Gasteiger partial charge in [0.05, 0.1) is 11.9 Å². The summed E-state index contributed by atoms with van der Waals surface area (Å²) >= 11 is 3.90. The van der Waals surface area contributed by atoms with Crippen LogP contribution in [0.4, 0.5) is 0 Å². The van der Waals surface area contributed by atoms with Crippen LogP contribution in [0.25, 0.3) is 0 Å². The highest BCUT2D eigenvalue weighted by Gasteiger charge is 2.70. The lowest BCUT2D eigenvalue weighted by Gasteiger charge is -2.62. The molecule has 6 nitrogen and oxygen atoms in total. The maximum absolute atomic E-state index is 14.3. The summed E-state index contributed by atoms with van der Waals surface area (Å²) < 4.78 is 10.5. The Morgan fingerprint density at radius 3 is 2.42 bits per heavy atom. The zero-order valence-corrected chi connectivity index (χ0v) is 24.3. The van der Waals surface area contributed by atoms with Gasteiger partial charge in [0.25, 0.3) is 0 Å². The predicted octanol–water partition coefficient (Wildman–Crippen LogP) is 5.53. The molecule has 0 aromatic carbocycles. The smallest absolute Gasteiger partial charge is 0.305 e. The van der Waals surface area contributed by atoms with Crippen molar-refractivity contribution in [2.75, 3.05) is 7.11 Å². The monoisotopic (exact) mass is 566 g/mol. The number of Topliss-reactive ketones (excluding diaryl/α,β-unsaturated/α-hetero) is 2. The number of methoxy groups -OCH3 is 1. The van der Waals surface area contributed by atoms with E-state index < -0.39 is 0 Å². The molecule has 7 heteroatoms. The molecule has 4 aliphatic rings. The average Bonchev–Trinajstić information content (AvgIpc) is 3.19. The Labute approximate surface area is 224 Å². The highest BCUT2D eigenvalue weighted by Crippen LogP contribution is 2.69. The van der Waals surface area contributed by atoms with Gasteiger partial charge in [0, 0.05) is 31.1 Å². The second-order valence-corrected chi connectivity index (χ2v) is 13.5. The summed E-state index contributed by atoms with van der Waals surface area (Å²) in [4.78, 5) is 51.7. The Balaban J connectivity index is 1.67. The van der Waals surface area contributed by atoms with E-state index in [-0.39, 0.29) is 86.7 Å². The third-order valence-electron chi connectivity index (χ3n) is 11.0. The van der Waals surface area contributed by atoms with Crippen LogP contribution in [-0.4, -0.2) is 41.5 Å². The number of ketones is 2. The third kappa shape index (κ3) is 4.19. The molecular weight excluding hydrogens is 524 g/mol. The summed E-state index contributed by atoms with van der Waals surface area (Å²) in [5.41, 5.74) is -0.588. The van der Waals surface area contributed by atoms with Crippen LogP contribution in [0.5, 0.6) is 0 Å². The van der Waals surface area contributed by atoms with Gasteiger partial charge in [0.15, 0.2) is 5.78 Å². The molecule has 0 radical (unpaired) electrons. The average molecular weight is 568 g/mol. The van der Waals surface area contributed by atoms with E-state index in [1.807, 2.05) is 0 Å². The summed E-state index contributed by atoms with van der Waals surface area (Å²) in [6.07, 6.45) is 5.81. The molecule has 4 aliphatic carbocycles. The lowest BCUT2D eigenvalue weighted by Crippen LogP contribution is -2.66. The molecular formula is C29H43BrO6. The zero-order valence-electron chi connectivity index (χ0n) is 22.7. The normalized spacial score (nSPS) is 44.8. The largest absolute Gasteiger partial charge is 0.469 e. The standard InChI is InChI=1S/C29H43BrO6/c1-7-18-21-14-17(36-16(3)31)12-13-28(21,4)24-23(25(18)33)20-10-9-19(15(2)8-11-22(32)35-6)29(20,5)27(30)26(24)34/h15,17-21,23-24,27H,7-14H2,1-6H3/t15-,17-,18-,19?,20?,21+,23?,24?,27?,28+,29-/m1/s1. The Morgan fingerprint density at radius 1 is 1.11 bits per heavy atom. The van der Waals surface area contributed by atoms with E-state index in [0.29, 0.717) is 12.8 Å². The van der Waals surface area contributed by atoms with Gasteiger partial charge in [-0.15, -0.1) is 0 Å². The Hall–Kier alpha value is -1.24. The first-order valence-corrected chi connectivity index (χ1v) is 14.8. The van der Waals surface area contributed by atoms with E-state index in [0.717, 1.165) is 38.5 Å². The number of alkyl halides is 1. The SMILES string of the molecule is CC[C@H]1C(=O)C2C3CCC([C@H](C)CCC(=O)OC)[C@@]3(C)C(Br)C(=O)C2[C@@]2(C)CC[C@@H](OC(C)=O)C[C@@H]12. The molecule has 4 rings (SSSR count). The number of hydrogen-bond acceptors (Lipinski definition) is 6. The Bertz CT molecular complexity index is 917. The van der Waals surface area contributed by atoms with Crippen molar-refractivity contribution in [3.05, 3.63) is 0 Å². The van der Waals surface area contributed by atoms with Crippen LogP contribution in [0.3, 0.4) is 0 Å². The molecule has 202 valence electrons. The fraction of sp³-hybridized carbons (Fsp3) is 0.862. The van der Waals surface area contributed by atoms with Gasteiger partial charge in [-0.2, -0.15) is 0 Å². The van der Waals surface area contributed by atoms with Crippen molar-refractivity contribution in [3.8, 4) is 0 Å². The number of hydrogen-bond donors (Lipinski definition) is 0. The van der Waals surface area contributed by atoms with Gasteiger partial charge in [0.2, 0.25) is 0 Å². The molecule has 0 aromatic heterocycles. The molecule has 0 aromatic rings. The molecule has 0 spiro atoms. The van der Waals surface area contributed by atoms with Crippen molar-refractivity contribution in [1.82, 2.24) is 0 Å². The first-order valence-electron chi connectivity index (χ1n) is 13.9. The van der Waals surface area contributed by atoms with Crippen LogP contribution in [0.2, 0.25) is 0 Å². The van der Waals surface area contributed by atoms with E-state index in [4.69, 9.17) is 9.47 Å². The summed E-state index contributed by atoms with van der Waals surface area (Å²) in [6, 6.07) is 0. The number of esters is 2. The van der Waals surface area contributed by atoms with E-state index in [9.17, 15) is 19.2 Å². The Morgan fingerprint density at radius 2 is 1.81 bits per heavy atom. The Kier molecular flexibility index (Phi) is 7.83. The van der Waals surface area contributed by atoms with Crippen molar-refractivity contribution in [2.24, 2.45) is 52.3 Å². The molecule has 0 bridgehead atoms. The predicted molar refractivity (Wildman–Crippen MR) is 139 cm³/mol. The highest BCUT2D eigenvalue weighted by molar-refractivity contribution is 9.10. The minimum absolute atomic E-state index is 0.0542. The third-order valence-corrected chi connectivity index (χ3v) is 12.5. The second-order valence-electron chi connectivity index (χ2n) is 12.6. The maximum Gasteiger partial charge on any atom is 0.305 e. The molecule has 0 saturated heterocycles. The number of carbonyl (C=O) groups is 4. The molecule has 36 heavy (non-hydrogen) atoms. The quantitative estimate of drug-likeness (QED) is 0.310. The zero-order chi connectivity index (χ0) is 26.6. The minimum Gasteiger partial charge on any atom is -0.469 e. The first-order chi connectivity index (χ1) is 16.9. The second kappa shape index (κ2) is 10.1. The van der Waals surface area contributed by atoms with Crippen molar-refractivity contribution in [2.45, 2.75) is 96.9 Å². The molecule has 0 amide bonds. The van der Waals surface area contributed by atoms with Crippen LogP contribution in [0.1, 0.15) is 86.0 Å². The molecule has 0 aliphatic heterocycles. The van der Waals surface area contributed by atoms with Crippen LogP contribution < -0.4 is 0 Å². The van der Waals surface area contributed by atoms with Gasteiger partial charge in [-0.25, -0.2) is 0 Å². The first kappa shape index (κ1) is 27.8.